The number of hydrogen-bond acceptors (Lipinski definition) is 6. The predicted molar refractivity (Wildman–Crippen MR) is 148 cm³/mol. The summed E-state index contributed by atoms with van der Waals surface area (Å²) in [6.45, 7) is 5.80. The number of carboxylic acids is 1. The molecule has 3 aromatic rings. The molecule has 1 fully saturated rings. The van der Waals surface area contributed by atoms with Crippen LogP contribution in [0.1, 0.15) is 59.3 Å². The number of anilines is 1. The molecule has 0 spiro atoms. The van der Waals surface area contributed by atoms with E-state index in [-0.39, 0.29) is 17.3 Å². The average Bonchev–Trinajstić information content (AvgIpc) is 3.19. The van der Waals surface area contributed by atoms with E-state index in [1.165, 1.54) is 24.2 Å². The van der Waals surface area contributed by atoms with Crippen LogP contribution in [0.4, 0.5) is 5.69 Å². The van der Waals surface area contributed by atoms with E-state index in [2.05, 4.69) is 12.2 Å². The molecule has 37 heavy (non-hydrogen) atoms. The highest BCUT2D eigenvalue weighted by molar-refractivity contribution is 8.00. The van der Waals surface area contributed by atoms with Crippen molar-refractivity contribution in [1.29, 1.82) is 0 Å². The molecule has 2 N–H and O–H groups in total. The fraction of sp³-hybridized carbons (Fsp3) is 0.481. The molecule has 2 heterocycles. The Labute approximate surface area is 221 Å². The van der Waals surface area contributed by atoms with Crippen LogP contribution in [0.5, 0.6) is 0 Å². The van der Waals surface area contributed by atoms with Crippen LogP contribution < -0.4 is 5.32 Å². The number of carbonyl (C=O) groups excluding carboxylic acids is 1. The number of fused-ring (bicyclic) bond motifs is 3. The molecule has 1 amide bonds. The normalized spacial score (nSPS) is 18.3. The number of sulfonamides is 1. The molecule has 8 nitrogen and oxygen atoms in total. The summed E-state index contributed by atoms with van der Waals surface area (Å²) in [5, 5.41) is 14.1. The predicted octanol–water partition coefficient (Wildman–Crippen LogP) is 5.85. The zero-order valence-corrected chi connectivity index (χ0v) is 23.1. The number of carboxylic acid groups (broad SMARTS) is 1. The molecule has 2 aromatic carbocycles. The molecule has 1 unspecified atom stereocenters. The second-order valence-corrected chi connectivity index (χ2v) is 13.6. The molecule has 4 rings (SSSR count). The van der Waals surface area contributed by atoms with Crippen LogP contribution in [-0.2, 0) is 19.6 Å². The number of benzene rings is 2. The van der Waals surface area contributed by atoms with Gasteiger partial charge in [0.05, 0.1) is 4.90 Å². The number of hydrogen-bond donors (Lipinski definition) is 2. The Balaban J connectivity index is 1.58. The molecule has 1 aromatic heterocycles. The second kappa shape index (κ2) is 11.0. The van der Waals surface area contributed by atoms with Gasteiger partial charge >= 0.3 is 5.97 Å². The Morgan fingerprint density at radius 2 is 1.84 bits per heavy atom. The minimum absolute atomic E-state index is 0.0251. The highest BCUT2D eigenvalue weighted by atomic mass is 32.2. The third-order valence-electron chi connectivity index (χ3n) is 6.81. The summed E-state index contributed by atoms with van der Waals surface area (Å²) in [6.07, 6.45) is 5.84. The molecule has 0 bridgehead atoms. The van der Waals surface area contributed by atoms with Gasteiger partial charge in [-0.25, -0.2) is 8.42 Å². The van der Waals surface area contributed by atoms with Crippen molar-refractivity contribution < 1.29 is 27.5 Å². The van der Waals surface area contributed by atoms with Crippen LogP contribution in [0.2, 0.25) is 0 Å². The number of amides is 1. The average molecular weight is 547 g/mol. The van der Waals surface area contributed by atoms with Crippen molar-refractivity contribution in [2.75, 3.05) is 17.6 Å². The zero-order chi connectivity index (χ0) is 26.8. The van der Waals surface area contributed by atoms with E-state index in [4.69, 9.17) is 4.42 Å². The second-order valence-electron chi connectivity index (χ2n) is 9.99. The van der Waals surface area contributed by atoms with Crippen LogP contribution in [0.3, 0.4) is 0 Å². The van der Waals surface area contributed by atoms with E-state index in [9.17, 15) is 23.1 Å². The van der Waals surface area contributed by atoms with E-state index in [1.54, 1.807) is 44.2 Å². The van der Waals surface area contributed by atoms with Crippen molar-refractivity contribution >= 4 is 61.3 Å². The van der Waals surface area contributed by atoms with E-state index < -0.39 is 26.8 Å². The Morgan fingerprint density at radius 3 is 2.57 bits per heavy atom. The summed E-state index contributed by atoms with van der Waals surface area (Å²) in [7, 11) is -4.06. The largest absolute Gasteiger partial charge is 0.480 e. The molecule has 0 saturated carbocycles. The lowest BCUT2D eigenvalue weighted by Crippen LogP contribution is -2.58. The van der Waals surface area contributed by atoms with Crippen molar-refractivity contribution in [2.45, 2.75) is 75.0 Å². The van der Waals surface area contributed by atoms with Crippen LogP contribution in [0, 0.1) is 0 Å². The zero-order valence-electron chi connectivity index (χ0n) is 21.5. The molecule has 1 aliphatic rings. The first-order chi connectivity index (χ1) is 17.5. The molecule has 0 radical (unpaired) electrons. The maximum absolute atomic E-state index is 13.6. The van der Waals surface area contributed by atoms with E-state index in [1.807, 2.05) is 0 Å². The number of rotatable bonds is 10. The van der Waals surface area contributed by atoms with Gasteiger partial charge in [-0.2, -0.15) is 16.1 Å². The molecular formula is C27H34N2O6S2. The van der Waals surface area contributed by atoms with Crippen molar-refractivity contribution in [3.05, 3.63) is 36.4 Å². The van der Waals surface area contributed by atoms with Gasteiger partial charge < -0.3 is 14.8 Å². The molecule has 1 aliphatic heterocycles. The molecule has 1 saturated heterocycles. The summed E-state index contributed by atoms with van der Waals surface area (Å²) in [4.78, 5) is 24.4. The molecule has 10 heteroatoms. The Hall–Kier alpha value is -2.56. The van der Waals surface area contributed by atoms with Gasteiger partial charge in [0.2, 0.25) is 15.9 Å². The first-order valence-corrected chi connectivity index (χ1v) is 15.1. The number of unbranched alkanes of at least 4 members (excludes halogenated alkanes) is 4. The fourth-order valence-electron chi connectivity index (χ4n) is 4.88. The maximum atomic E-state index is 13.6. The van der Waals surface area contributed by atoms with Crippen LogP contribution >= 0.6 is 11.8 Å². The summed E-state index contributed by atoms with van der Waals surface area (Å²) in [5.74, 6) is -0.692. The molecule has 1 atom stereocenters. The number of aliphatic carboxylic acids is 1. The minimum atomic E-state index is -4.06. The molecule has 0 aliphatic carbocycles. The SMILES string of the molecule is CCCCCCCC(=O)Nc1ccc2c(c1)oc1ccc(S(=O)(=O)N3CCSC(C)(C)C3C(=O)O)cc12. The molecule has 200 valence electrons. The minimum Gasteiger partial charge on any atom is -0.480 e. The monoisotopic (exact) mass is 546 g/mol. The number of furan rings is 1. The van der Waals surface area contributed by atoms with Gasteiger partial charge in [-0.15, -0.1) is 0 Å². The van der Waals surface area contributed by atoms with Crippen molar-refractivity contribution in [2.24, 2.45) is 0 Å². The number of carbonyl (C=O) groups is 2. The van der Waals surface area contributed by atoms with E-state index in [0.717, 1.165) is 30.0 Å². The molecular weight excluding hydrogens is 512 g/mol. The van der Waals surface area contributed by atoms with Gasteiger partial charge in [0.25, 0.3) is 0 Å². The van der Waals surface area contributed by atoms with Crippen molar-refractivity contribution in [3.8, 4) is 0 Å². The summed E-state index contributed by atoms with van der Waals surface area (Å²) in [5.41, 5.74) is 1.66. The number of nitrogens with one attached hydrogen (secondary N) is 1. The van der Waals surface area contributed by atoms with E-state index in [0.29, 0.717) is 39.8 Å². The summed E-state index contributed by atoms with van der Waals surface area (Å²) >= 11 is 1.46. The highest BCUT2D eigenvalue weighted by Gasteiger charge is 2.48. The lowest BCUT2D eigenvalue weighted by molar-refractivity contribution is -0.142. The summed E-state index contributed by atoms with van der Waals surface area (Å²) in [6, 6.07) is 8.73. The standard InChI is InChI=1S/C27H34N2O6S2/c1-4-5-6-7-8-9-24(30)28-18-10-12-20-21-17-19(11-13-22(21)35-23(20)16-18)37(33,34)29-14-15-36-27(2,3)25(29)26(31)32/h10-13,16-17,25H,4-9,14-15H2,1-3H3,(H,28,30)(H,31,32). The lowest BCUT2D eigenvalue weighted by atomic mass is 10.0. The smallest absolute Gasteiger partial charge is 0.323 e. The third kappa shape index (κ3) is 5.81. The Kier molecular flexibility index (Phi) is 8.20. The van der Waals surface area contributed by atoms with Crippen LogP contribution in [-0.4, -0.2) is 52.8 Å². The Bertz CT molecular complexity index is 1410. The van der Waals surface area contributed by atoms with E-state index >= 15 is 0 Å². The van der Waals surface area contributed by atoms with Gasteiger partial charge in [0.15, 0.2) is 0 Å². The van der Waals surface area contributed by atoms with Crippen molar-refractivity contribution in [1.82, 2.24) is 4.31 Å². The first-order valence-electron chi connectivity index (χ1n) is 12.7. The van der Waals surface area contributed by atoms with Gasteiger partial charge in [-0.3, -0.25) is 9.59 Å². The lowest BCUT2D eigenvalue weighted by Gasteiger charge is -2.42. The van der Waals surface area contributed by atoms with Gasteiger partial charge in [-0.1, -0.05) is 32.6 Å². The quantitative estimate of drug-likeness (QED) is 0.306. The highest BCUT2D eigenvalue weighted by Crippen LogP contribution is 2.39. The van der Waals surface area contributed by atoms with Crippen LogP contribution in [0.15, 0.2) is 45.7 Å². The number of thioether (sulfide) groups is 1. The van der Waals surface area contributed by atoms with Crippen molar-refractivity contribution in [3.63, 3.8) is 0 Å². The summed E-state index contributed by atoms with van der Waals surface area (Å²) < 4.78 is 33.5. The van der Waals surface area contributed by atoms with Gasteiger partial charge in [0.1, 0.15) is 17.2 Å². The number of nitrogens with zero attached hydrogens (tertiary/aromatic N) is 1. The van der Waals surface area contributed by atoms with Crippen LogP contribution in [0.25, 0.3) is 21.9 Å². The van der Waals surface area contributed by atoms with Gasteiger partial charge in [0, 0.05) is 46.0 Å². The third-order valence-corrected chi connectivity index (χ3v) is 10.0. The first kappa shape index (κ1) is 27.5. The van der Waals surface area contributed by atoms with Gasteiger partial charge in [-0.05, 0) is 50.6 Å². The fourth-order valence-corrected chi connectivity index (χ4v) is 8.00. The topological polar surface area (TPSA) is 117 Å². The maximum Gasteiger partial charge on any atom is 0.323 e. The Morgan fingerprint density at radius 1 is 1.08 bits per heavy atom.